The number of fused-ring (bicyclic) bond motifs is 2. The molecule has 13 atom stereocenters. The Morgan fingerprint density at radius 1 is 1.08 bits per heavy atom. The smallest absolute Gasteiger partial charge is 0.410 e. The van der Waals surface area contributed by atoms with Crippen LogP contribution >= 0.6 is 11.3 Å². The summed E-state index contributed by atoms with van der Waals surface area (Å²) < 4.78 is 25.7. The van der Waals surface area contributed by atoms with Crippen LogP contribution in [0.5, 0.6) is 0 Å². The van der Waals surface area contributed by atoms with Crippen LogP contribution < -0.4 is 0 Å². The highest BCUT2D eigenvalue weighted by atomic mass is 32.1. The van der Waals surface area contributed by atoms with Gasteiger partial charge in [-0.15, -0.1) is 11.3 Å². The normalized spacial score (nSPS) is 34.6. The number of carbonyl (C=O) groups excluding carboxylic acids is 3. The second-order valence-electron chi connectivity index (χ2n) is 19.1. The number of cyclic esters (lactones) is 1. The van der Waals surface area contributed by atoms with Gasteiger partial charge in [0.2, 0.25) is 0 Å². The zero-order valence-electron chi connectivity index (χ0n) is 39.4. The summed E-state index contributed by atoms with van der Waals surface area (Å²) in [6.45, 7) is 16.3. The molecule has 2 aromatic heterocycles. The molecule has 7 rings (SSSR count). The van der Waals surface area contributed by atoms with Crippen LogP contribution in [-0.2, 0) is 40.0 Å². The number of amides is 1. The lowest BCUT2D eigenvalue weighted by molar-refractivity contribution is -0.286. The highest BCUT2D eigenvalue weighted by Gasteiger charge is 2.60. The van der Waals surface area contributed by atoms with E-state index in [2.05, 4.69) is 42.8 Å². The molecule has 15 heteroatoms. The minimum Gasteiger partial charge on any atom is -0.458 e. The Hall–Kier alpha value is -4.72. The van der Waals surface area contributed by atoms with Crippen LogP contribution in [-0.4, -0.2) is 125 Å². The number of ketones is 1. The Kier molecular flexibility index (Phi) is 14.9. The average molecular weight is 912 g/mol. The molecule has 4 aliphatic heterocycles. The van der Waals surface area contributed by atoms with Crippen molar-refractivity contribution in [3.8, 4) is 11.8 Å². The molecule has 350 valence electrons. The van der Waals surface area contributed by atoms with E-state index in [1.165, 1.54) is 11.3 Å². The maximum Gasteiger partial charge on any atom is 0.410 e. The highest BCUT2D eigenvalue weighted by Crippen LogP contribution is 2.46. The van der Waals surface area contributed by atoms with Crippen molar-refractivity contribution >= 4 is 52.0 Å². The van der Waals surface area contributed by atoms with Crippen molar-refractivity contribution in [2.24, 2.45) is 39.2 Å². The zero-order chi connectivity index (χ0) is 46.8. The van der Waals surface area contributed by atoms with Crippen LogP contribution in [0.15, 0.2) is 58.8 Å². The second-order valence-corrected chi connectivity index (χ2v) is 20.3. The number of aliphatic hydroxyl groups excluding tert-OH is 1. The molecule has 1 unspecified atom stereocenters. The van der Waals surface area contributed by atoms with E-state index in [-0.39, 0.29) is 42.8 Å². The molecule has 6 heterocycles. The summed E-state index contributed by atoms with van der Waals surface area (Å²) in [5.74, 6) is 3.26. The average Bonchev–Trinajstić information content (AvgIpc) is 3.77. The van der Waals surface area contributed by atoms with Crippen molar-refractivity contribution in [1.82, 2.24) is 14.8 Å². The molecular formula is C50H65N5O9S. The van der Waals surface area contributed by atoms with Crippen LogP contribution in [0.1, 0.15) is 96.4 Å². The molecule has 3 aromatic rings. The molecule has 4 aliphatic rings. The van der Waals surface area contributed by atoms with Crippen LogP contribution in [0.3, 0.4) is 0 Å². The van der Waals surface area contributed by atoms with Gasteiger partial charge < -0.3 is 33.8 Å². The number of benzene rings is 1. The van der Waals surface area contributed by atoms with Crippen molar-refractivity contribution in [3.63, 3.8) is 0 Å². The van der Waals surface area contributed by atoms with Gasteiger partial charge in [0.1, 0.15) is 24.7 Å². The first-order valence-electron chi connectivity index (χ1n) is 22.9. The third-order valence-electron chi connectivity index (χ3n) is 14.0. The van der Waals surface area contributed by atoms with E-state index < -0.39 is 65.6 Å². The van der Waals surface area contributed by atoms with E-state index >= 15 is 0 Å². The van der Waals surface area contributed by atoms with Crippen molar-refractivity contribution < 1.29 is 43.3 Å². The van der Waals surface area contributed by atoms with E-state index in [1.807, 2.05) is 82.2 Å². The molecule has 2 bridgehead atoms. The molecule has 1 N–H and O–H groups in total. The second kappa shape index (κ2) is 20.0. The van der Waals surface area contributed by atoms with E-state index in [4.69, 9.17) is 28.8 Å². The van der Waals surface area contributed by atoms with Crippen molar-refractivity contribution in [3.05, 3.63) is 64.0 Å². The van der Waals surface area contributed by atoms with Crippen LogP contribution in [0.4, 0.5) is 4.79 Å². The molecule has 3 saturated heterocycles. The number of oxime groups is 1. The molecule has 0 aliphatic carbocycles. The summed E-state index contributed by atoms with van der Waals surface area (Å²) >= 11 is 1.47. The van der Waals surface area contributed by atoms with Gasteiger partial charge >= 0.3 is 12.1 Å². The lowest BCUT2D eigenvalue weighted by Gasteiger charge is -2.47. The number of para-hydroxylation sites is 1. The number of thiophene rings is 1. The van der Waals surface area contributed by atoms with Crippen molar-refractivity contribution in [2.45, 2.75) is 136 Å². The Morgan fingerprint density at radius 2 is 1.85 bits per heavy atom. The number of pyridine rings is 1. The standard InChI is InChI=1S/C50H65N5O9S/c1-11-40-50(8)44-31(4)41(51-21-22-55(44)48(59)64-50)29(2)25-49(7,45(32(5)42(56)33(6)46(58)62-40)63-47-43(57)39(54(9)10)23-30(3)61-47)20-14-16-36-18-19-37(65-36)27-53-60-28-34-24-35-15-12-13-17-38(35)52-26-34/h12-13,15,17-19,24,26-27,29-33,39-40,43-45,47,57H,11,20-23,25,28H2,1-10H3/b53-27-/t29-,30-,31+,32+,33-,39+,40-,43-,44-,45-,47?,49+,50-/m1/s1. The minimum absolute atomic E-state index is 0.173. The topological polar surface area (TPSA) is 162 Å². The largest absolute Gasteiger partial charge is 0.458 e. The third kappa shape index (κ3) is 10.2. The van der Waals surface area contributed by atoms with Gasteiger partial charge in [-0.1, -0.05) is 69.8 Å². The van der Waals surface area contributed by atoms with Gasteiger partial charge in [-0.3, -0.25) is 24.5 Å². The van der Waals surface area contributed by atoms with E-state index in [0.717, 1.165) is 31.9 Å². The van der Waals surface area contributed by atoms with Crippen molar-refractivity contribution in [2.75, 3.05) is 27.2 Å². The van der Waals surface area contributed by atoms with Gasteiger partial charge in [0.15, 0.2) is 17.7 Å². The molecule has 1 amide bonds. The van der Waals surface area contributed by atoms with E-state index in [0.29, 0.717) is 32.4 Å². The lowest BCUT2D eigenvalue weighted by Crippen LogP contribution is -2.58. The molecular weight excluding hydrogens is 847 g/mol. The van der Waals surface area contributed by atoms with Gasteiger partial charge in [0.25, 0.3) is 0 Å². The predicted molar refractivity (Wildman–Crippen MR) is 249 cm³/mol. The Morgan fingerprint density at radius 3 is 2.60 bits per heavy atom. The fourth-order valence-corrected chi connectivity index (χ4v) is 11.4. The SMILES string of the molecule is CC[C@H]1OC(=O)[C@H](C)C(=O)[C@H](C)[C@@H](OC2O[C@H](C)C[C@H](N(C)C)[C@H]2O)[C@@](C)(CC#Cc2ccc(/C=N\OCc3cnc4ccccc4c3)s2)C[C@@H](C)C2=NCCN3C(=O)O[C@@]1(C)[C@H]3[C@H]2C. The van der Waals surface area contributed by atoms with Gasteiger partial charge in [-0.2, -0.15) is 0 Å². The highest BCUT2D eigenvalue weighted by molar-refractivity contribution is 7.14. The number of esters is 1. The van der Waals surface area contributed by atoms with Crippen LogP contribution in [0, 0.1) is 40.9 Å². The first-order valence-corrected chi connectivity index (χ1v) is 23.8. The number of aliphatic hydroxyl groups is 1. The minimum atomic E-state index is -1.19. The number of rotatable bonds is 9. The molecule has 3 fully saturated rings. The molecule has 14 nitrogen and oxygen atoms in total. The van der Waals surface area contributed by atoms with Crippen LogP contribution in [0.2, 0.25) is 0 Å². The number of nitrogens with zero attached hydrogens (tertiary/aromatic N) is 5. The molecule has 0 radical (unpaired) electrons. The fourth-order valence-electron chi connectivity index (χ4n) is 10.7. The number of aromatic nitrogens is 1. The maximum atomic E-state index is 14.7. The summed E-state index contributed by atoms with van der Waals surface area (Å²) in [6, 6.07) is 13.1. The number of hydrogen-bond donors (Lipinski definition) is 1. The quantitative estimate of drug-likeness (QED) is 0.0756. The van der Waals surface area contributed by atoms with E-state index in [9.17, 15) is 19.5 Å². The summed E-state index contributed by atoms with van der Waals surface area (Å²) in [5, 5.41) is 17.0. The zero-order valence-corrected chi connectivity index (χ0v) is 40.2. The molecule has 65 heavy (non-hydrogen) atoms. The predicted octanol–water partition coefficient (Wildman–Crippen LogP) is 7.28. The maximum absolute atomic E-state index is 14.7. The summed E-state index contributed by atoms with van der Waals surface area (Å²) in [7, 11) is 3.83. The molecule has 0 spiro atoms. The number of ether oxygens (including phenoxy) is 4. The van der Waals surface area contributed by atoms with Gasteiger partial charge in [-0.25, -0.2) is 4.79 Å². The third-order valence-corrected chi connectivity index (χ3v) is 14.9. The lowest BCUT2D eigenvalue weighted by atomic mass is 9.66. The first-order chi connectivity index (χ1) is 30.9. The Balaban J connectivity index is 1.21. The van der Waals surface area contributed by atoms with Gasteiger partial charge in [0, 0.05) is 64.0 Å². The van der Waals surface area contributed by atoms with E-state index in [1.54, 1.807) is 31.2 Å². The summed E-state index contributed by atoms with van der Waals surface area (Å²) in [6.07, 6.45) is 0.692. The van der Waals surface area contributed by atoms with Gasteiger partial charge in [-0.05, 0) is 84.3 Å². The Labute approximate surface area is 387 Å². The van der Waals surface area contributed by atoms with Crippen molar-refractivity contribution in [1.29, 1.82) is 0 Å². The van der Waals surface area contributed by atoms with Crippen LogP contribution in [0.25, 0.3) is 10.9 Å². The summed E-state index contributed by atoms with van der Waals surface area (Å²) in [4.78, 5) is 63.0. The summed E-state index contributed by atoms with van der Waals surface area (Å²) in [5.41, 5.74) is 0.680. The fraction of sp³-hybridized carbons (Fsp3) is 0.600. The van der Waals surface area contributed by atoms with Gasteiger partial charge in [0.05, 0.1) is 41.4 Å². The Bertz CT molecular complexity index is 2340. The first kappa shape index (κ1) is 48.2. The number of carbonyl (C=O) groups is 3. The monoisotopic (exact) mass is 911 g/mol. The molecule has 1 aromatic carbocycles. The number of hydrogen-bond acceptors (Lipinski definition) is 14. The number of aliphatic imine (C=N–C) groups is 1. The number of Topliss-reactive ketones (excluding diaryl/α,β-unsaturated/α-hetero) is 1. The number of likely N-dealkylation sites (N-methyl/N-ethyl adjacent to an activating group) is 1. The molecule has 0 saturated carbocycles.